The van der Waals surface area contributed by atoms with Crippen molar-refractivity contribution >= 4 is 12.0 Å². The maximum absolute atomic E-state index is 10.9. The quantitative estimate of drug-likeness (QED) is 0.491. The number of carbonyl (C=O) groups excluding carboxylic acids is 2. The number of hydrogen-bond donors (Lipinski definition) is 2. The van der Waals surface area contributed by atoms with Gasteiger partial charge in [0, 0.05) is 13.0 Å². The first-order chi connectivity index (χ1) is 6.70. The molecule has 0 aromatic carbocycles. The molecule has 0 aliphatic heterocycles. The van der Waals surface area contributed by atoms with E-state index in [9.17, 15) is 9.59 Å². The van der Waals surface area contributed by atoms with Gasteiger partial charge in [-0.1, -0.05) is 6.92 Å². The Morgan fingerprint density at radius 3 is 2.50 bits per heavy atom. The molecule has 0 aromatic heterocycles. The van der Waals surface area contributed by atoms with Crippen LogP contribution in [0.2, 0.25) is 0 Å². The van der Waals surface area contributed by atoms with Crippen LogP contribution in [0.15, 0.2) is 0 Å². The molecule has 0 rings (SSSR count). The van der Waals surface area contributed by atoms with Crippen molar-refractivity contribution in [2.24, 2.45) is 0 Å². The first-order valence-electron chi connectivity index (χ1n) is 4.88. The zero-order chi connectivity index (χ0) is 10.8. The van der Waals surface area contributed by atoms with Gasteiger partial charge in [0.25, 0.3) is 0 Å². The lowest BCUT2D eigenvalue weighted by Gasteiger charge is -2.06. The Morgan fingerprint density at radius 2 is 1.93 bits per heavy atom. The smallest absolute Gasteiger partial charge is 0.314 e. The van der Waals surface area contributed by atoms with Crippen LogP contribution in [0.25, 0.3) is 0 Å². The molecule has 0 unspecified atom stereocenters. The monoisotopic (exact) mass is 202 g/mol. The zero-order valence-electron chi connectivity index (χ0n) is 8.76. The molecule has 0 aromatic rings. The van der Waals surface area contributed by atoms with Gasteiger partial charge in [-0.05, 0) is 13.3 Å². The Kier molecular flexibility index (Phi) is 7.59. The fourth-order valence-corrected chi connectivity index (χ4v) is 0.829. The van der Waals surface area contributed by atoms with Crippen molar-refractivity contribution in [1.82, 2.24) is 10.6 Å². The first kappa shape index (κ1) is 12.7. The van der Waals surface area contributed by atoms with Crippen molar-refractivity contribution < 1.29 is 14.3 Å². The highest BCUT2D eigenvalue weighted by atomic mass is 16.5. The van der Waals surface area contributed by atoms with Crippen molar-refractivity contribution in [3.05, 3.63) is 0 Å². The molecule has 14 heavy (non-hydrogen) atoms. The SMILES string of the molecule is CCCC(=O)OCCNC(=O)NCC. The van der Waals surface area contributed by atoms with E-state index in [1.54, 1.807) is 0 Å². The topological polar surface area (TPSA) is 67.4 Å². The summed E-state index contributed by atoms with van der Waals surface area (Å²) >= 11 is 0. The van der Waals surface area contributed by atoms with Crippen LogP contribution < -0.4 is 10.6 Å². The molecule has 0 fully saturated rings. The number of hydrogen-bond acceptors (Lipinski definition) is 3. The fourth-order valence-electron chi connectivity index (χ4n) is 0.829. The Hall–Kier alpha value is -1.26. The van der Waals surface area contributed by atoms with Crippen LogP contribution in [-0.4, -0.2) is 31.7 Å². The standard InChI is InChI=1S/C9H18N2O3/c1-3-5-8(12)14-7-6-11-9(13)10-4-2/h3-7H2,1-2H3,(H2,10,11,13). The minimum absolute atomic E-state index is 0.217. The van der Waals surface area contributed by atoms with Crippen molar-refractivity contribution in [2.45, 2.75) is 26.7 Å². The van der Waals surface area contributed by atoms with Gasteiger partial charge in [-0.2, -0.15) is 0 Å². The van der Waals surface area contributed by atoms with Crippen molar-refractivity contribution in [3.8, 4) is 0 Å². The van der Waals surface area contributed by atoms with Crippen LogP contribution in [0.5, 0.6) is 0 Å². The van der Waals surface area contributed by atoms with E-state index < -0.39 is 0 Å². The molecule has 0 spiro atoms. The molecule has 82 valence electrons. The summed E-state index contributed by atoms with van der Waals surface area (Å²) in [7, 11) is 0. The predicted molar refractivity (Wildman–Crippen MR) is 52.9 cm³/mol. The lowest BCUT2D eigenvalue weighted by Crippen LogP contribution is -2.37. The van der Waals surface area contributed by atoms with Crippen LogP contribution in [0, 0.1) is 0 Å². The molecular weight excluding hydrogens is 184 g/mol. The molecule has 0 saturated heterocycles. The molecule has 0 heterocycles. The minimum atomic E-state index is -0.237. The van der Waals surface area contributed by atoms with E-state index in [1.165, 1.54) is 0 Å². The first-order valence-corrected chi connectivity index (χ1v) is 4.88. The second-order valence-corrected chi connectivity index (χ2v) is 2.76. The largest absolute Gasteiger partial charge is 0.464 e. The van der Waals surface area contributed by atoms with E-state index in [4.69, 9.17) is 4.74 Å². The summed E-state index contributed by atoms with van der Waals surface area (Å²) in [6, 6.07) is -0.237. The lowest BCUT2D eigenvalue weighted by molar-refractivity contribution is -0.143. The average molecular weight is 202 g/mol. The molecule has 0 aliphatic carbocycles. The second kappa shape index (κ2) is 8.34. The van der Waals surface area contributed by atoms with Gasteiger partial charge in [-0.25, -0.2) is 4.79 Å². The van der Waals surface area contributed by atoms with Crippen molar-refractivity contribution in [1.29, 1.82) is 0 Å². The fraction of sp³-hybridized carbons (Fsp3) is 0.778. The highest BCUT2D eigenvalue weighted by Crippen LogP contribution is 1.89. The van der Waals surface area contributed by atoms with Crippen LogP contribution in [0.1, 0.15) is 26.7 Å². The van der Waals surface area contributed by atoms with Crippen molar-refractivity contribution in [2.75, 3.05) is 19.7 Å². The summed E-state index contributed by atoms with van der Waals surface area (Å²) in [5.74, 6) is -0.217. The van der Waals surface area contributed by atoms with Gasteiger partial charge in [0.1, 0.15) is 6.61 Å². The highest BCUT2D eigenvalue weighted by Gasteiger charge is 2.00. The van der Waals surface area contributed by atoms with E-state index >= 15 is 0 Å². The summed E-state index contributed by atoms with van der Waals surface area (Å²) in [5, 5.41) is 5.12. The van der Waals surface area contributed by atoms with Gasteiger partial charge in [0.2, 0.25) is 0 Å². The average Bonchev–Trinajstić information content (AvgIpc) is 2.13. The Bertz CT molecular complexity index is 163. The molecule has 0 aliphatic rings. The number of carbonyl (C=O) groups is 2. The van der Waals surface area contributed by atoms with E-state index in [2.05, 4.69) is 10.6 Å². The number of rotatable bonds is 6. The number of urea groups is 1. The number of nitrogens with one attached hydrogen (secondary N) is 2. The van der Waals surface area contributed by atoms with Crippen molar-refractivity contribution in [3.63, 3.8) is 0 Å². The van der Waals surface area contributed by atoms with Crippen LogP contribution >= 0.6 is 0 Å². The number of ether oxygens (including phenoxy) is 1. The molecular formula is C9H18N2O3. The van der Waals surface area contributed by atoms with Gasteiger partial charge in [0.15, 0.2) is 0 Å². The van der Waals surface area contributed by atoms with E-state index in [1.807, 2.05) is 13.8 Å². The van der Waals surface area contributed by atoms with E-state index in [-0.39, 0.29) is 18.6 Å². The molecule has 2 N–H and O–H groups in total. The number of amides is 2. The Balaban J connectivity index is 3.28. The third kappa shape index (κ3) is 7.39. The van der Waals surface area contributed by atoms with E-state index in [0.29, 0.717) is 19.5 Å². The van der Waals surface area contributed by atoms with Crippen LogP contribution in [0.4, 0.5) is 4.79 Å². The molecule has 5 nitrogen and oxygen atoms in total. The molecule has 0 atom stereocenters. The third-order valence-corrected chi connectivity index (χ3v) is 1.44. The maximum Gasteiger partial charge on any atom is 0.314 e. The number of esters is 1. The maximum atomic E-state index is 10.9. The summed E-state index contributed by atoms with van der Waals surface area (Å²) in [4.78, 5) is 21.7. The summed E-state index contributed by atoms with van der Waals surface area (Å²) in [6.45, 7) is 4.91. The molecule has 0 saturated carbocycles. The predicted octanol–water partition coefficient (Wildman–Crippen LogP) is 0.649. The minimum Gasteiger partial charge on any atom is -0.464 e. The summed E-state index contributed by atoms with van der Waals surface area (Å²) < 4.78 is 4.83. The molecule has 0 bridgehead atoms. The van der Waals surface area contributed by atoms with Gasteiger partial charge in [-0.3, -0.25) is 4.79 Å². The third-order valence-electron chi connectivity index (χ3n) is 1.44. The molecule has 2 amide bonds. The molecule has 0 radical (unpaired) electrons. The van der Waals surface area contributed by atoms with Gasteiger partial charge < -0.3 is 15.4 Å². The van der Waals surface area contributed by atoms with Crippen LogP contribution in [0.3, 0.4) is 0 Å². The van der Waals surface area contributed by atoms with Gasteiger partial charge in [-0.15, -0.1) is 0 Å². The Labute approximate surface area is 84.2 Å². The lowest BCUT2D eigenvalue weighted by atomic mass is 10.3. The summed E-state index contributed by atoms with van der Waals surface area (Å²) in [6.07, 6.45) is 1.21. The van der Waals surface area contributed by atoms with Gasteiger partial charge in [0.05, 0.1) is 6.54 Å². The zero-order valence-corrected chi connectivity index (χ0v) is 8.76. The van der Waals surface area contributed by atoms with Crippen LogP contribution in [-0.2, 0) is 9.53 Å². The Morgan fingerprint density at radius 1 is 1.21 bits per heavy atom. The normalized spacial score (nSPS) is 9.29. The van der Waals surface area contributed by atoms with Gasteiger partial charge >= 0.3 is 12.0 Å². The molecule has 5 heteroatoms. The summed E-state index contributed by atoms with van der Waals surface area (Å²) in [5.41, 5.74) is 0. The highest BCUT2D eigenvalue weighted by molar-refractivity contribution is 5.73. The van der Waals surface area contributed by atoms with E-state index in [0.717, 1.165) is 6.42 Å². The second-order valence-electron chi connectivity index (χ2n) is 2.76.